The van der Waals surface area contributed by atoms with Crippen LogP contribution in [0, 0.1) is 11.8 Å². The summed E-state index contributed by atoms with van der Waals surface area (Å²) in [5.74, 6) is -2.04. The summed E-state index contributed by atoms with van der Waals surface area (Å²) in [6.45, 7) is 6.06. The highest BCUT2D eigenvalue weighted by atomic mass is 19.4. The SMILES string of the molecule is CCN(CC)C(=O)N1CCC(C(=O)NC2CCCCC2C(F)(F)F)CC1. The second kappa shape index (κ2) is 8.95. The molecule has 2 fully saturated rings. The molecule has 1 aliphatic heterocycles. The predicted octanol–water partition coefficient (Wildman–Crippen LogP) is 3.40. The third-order valence-electron chi connectivity index (χ3n) is 5.68. The third-order valence-corrected chi connectivity index (χ3v) is 5.68. The van der Waals surface area contributed by atoms with Crippen molar-refractivity contribution in [2.45, 2.75) is 64.6 Å². The zero-order chi connectivity index (χ0) is 19.3. The van der Waals surface area contributed by atoms with E-state index in [4.69, 9.17) is 0 Å². The van der Waals surface area contributed by atoms with E-state index in [1.165, 1.54) is 0 Å². The molecule has 1 saturated heterocycles. The highest BCUT2D eigenvalue weighted by molar-refractivity contribution is 5.80. The maximum atomic E-state index is 13.2. The van der Waals surface area contributed by atoms with Gasteiger partial charge < -0.3 is 15.1 Å². The molecule has 2 aliphatic rings. The van der Waals surface area contributed by atoms with Crippen molar-refractivity contribution in [3.8, 4) is 0 Å². The number of carbonyl (C=O) groups is 2. The summed E-state index contributed by atoms with van der Waals surface area (Å²) in [6.07, 6.45) is -1.51. The van der Waals surface area contributed by atoms with Crippen LogP contribution in [0.3, 0.4) is 0 Å². The molecule has 5 nitrogen and oxygen atoms in total. The smallest absolute Gasteiger partial charge is 0.353 e. The number of piperidine rings is 1. The standard InChI is InChI=1S/C18H30F3N3O2/c1-3-23(4-2)17(26)24-11-9-13(10-12-24)16(25)22-15-8-6-5-7-14(15)18(19,20)21/h13-15H,3-12H2,1-2H3,(H,22,25). The maximum Gasteiger partial charge on any atom is 0.393 e. The van der Waals surface area contributed by atoms with Gasteiger partial charge in [0.2, 0.25) is 5.91 Å². The number of halogens is 3. The lowest BCUT2D eigenvalue weighted by molar-refractivity contribution is -0.189. The summed E-state index contributed by atoms with van der Waals surface area (Å²) >= 11 is 0. The predicted molar refractivity (Wildman–Crippen MR) is 92.6 cm³/mol. The normalized spacial score (nSPS) is 25.0. The minimum Gasteiger partial charge on any atom is -0.353 e. The Balaban J connectivity index is 1.87. The monoisotopic (exact) mass is 377 g/mol. The Morgan fingerprint density at radius 2 is 1.62 bits per heavy atom. The van der Waals surface area contributed by atoms with E-state index in [0.717, 1.165) is 0 Å². The van der Waals surface area contributed by atoms with Gasteiger partial charge in [0.25, 0.3) is 0 Å². The fraction of sp³-hybridized carbons (Fsp3) is 0.889. The second-order valence-corrected chi connectivity index (χ2v) is 7.26. The van der Waals surface area contributed by atoms with Crippen molar-refractivity contribution in [3.63, 3.8) is 0 Å². The van der Waals surface area contributed by atoms with Gasteiger partial charge in [-0.2, -0.15) is 13.2 Å². The van der Waals surface area contributed by atoms with Crippen LogP contribution in [-0.2, 0) is 4.79 Å². The van der Waals surface area contributed by atoms with E-state index >= 15 is 0 Å². The Labute approximate surface area is 153 Å². The van der Waals surface area contributed by atoms with Crippen LogP contribution in [0.4, 0.5) is 18.0 Å². The van der Waals surface area contributed by atoms with Gasteiger partial charge in [-0.15, -0.1) is 0 Å². The van der Waals surface area contributed by atoms with Crippen molar-refractivity contribution in [1.82, 2.24) is 15.1 Å². The van der Waals surface area contributed by atoms with Gasteiger partial charge in [-0.25, -0.2) is 4.79 Å². The Morgan fingerprint density at radius 1 is 1.04 bits per heavy atom. The molecule has 0 aromatic carbocycles. The summed E-state index contributed by atoms with van der Waals surface area (Å²) in [6, 6.07) is -0.843. The summed E-state index contributed by atoms with van der Waals surface area (Å²) in [7, 11) is 0. The molecule has 3 amide bonds. The first-order valence-corrected chi connectivity index (χ1v) is 9.68. The topological polar surface area (TPSA) is 52.7 Å². The Bertz CT molecular complexity index is 487. The first-order chi connectivity index (χ1) is 12.3. The van der Waals surface area contributed by atoms with Crippen LogP contribution in [0.5, 0.6) is 0 Å². The Hall–Kier alpha value is -1.47. The molecule has 0 bridgehead atoms. The zero-order valence-electron chi connectivity index (χ0n) is 15.6. The average Bonchev–Trinajstić information content (AvgIpc) is 2.62. The molecule has 8 heteroatoms. The fourth-order valence-corrected chi connectivity index (χ4v) is 4.02. The molecule has 1 N–H and O–H groups in total. The van der Waals surface area contributed by atoms with E-state index in [2.05, 4.69) is 5.32 Å². The number of carbonyl (C=O) groups excluding carboxylic acids is 2. The van der Waals surface area contributed by atoms with E-state index in [1.54, 1.807) is 9.80 Å². The quantitative estimate of drug-likeness (QED) is 0.816. The average molecular weight is 377 g/mol. The van der Waals surface area contributed by atoms with Crippen LogP contribution >= 0.6 is 0 Å². The zero-order valence-corrected chi connectivity index (χ0v) is 15.6. The lowest BCUT2D eigenvalue weighted by Gasteiger charge is -2.37. The van der Waals surface area contributed by atoms with E-state index in [1.807, 2.05) is 13.8 Å². The largest absolute Gasteiger partial charge is 0.393 e. The second-order valence-electron chi connectivity index (χ2n) is 7.26. The van der Waals surface area contributed by atoms with Gasteiger partial charge in [0, 0.05) is 38.1 Å². The lowest BCUT2D eigenvalue weighted by Crippen LogP contribution is -2.52. The molecule has 2 unspecified atom stereocenters. The first-order valence-electron chi connectivity index (χ1n) is 9.68. The number of alkyl halides is 3. The minimum atomic E-state index is -4.27. The van der Waals surface area contributed by atoms with Crippen molar-refractivity contribution in [2.24, 2.45) is 11.8 Å². The van der Waals surface area contributed by atoms with Crippen LogP contribution in [0.2, 0.25) is 0 Å². The van der Waals surface area contributed by atoms with Crippen LogP contribution in [0.1, 0.15) is 52.4 Å². The van der Waals surface area contributed by atoms with Crippen molar-refractivity contribution < 1.29 is 22.8 Å². The van der Waals surface area contributed by atoms with Crippen LogP contribution in [0.15, 0.2) is 0 Å². The molecular formula is C18H30F3N3O2. The van der Waals surface area contributed by atoms with Gasteiger partial charge in [-0.3, -0.25) is 4.79 Å². The molecule has 1 aliphatic carbocycles. The molecular weight excluding hydrogens is 347 g/mol. The van der Waals surface area contributed by atoms with Crippen LogP contribution in [-0.4, -0.2) is 60.1 Å². The molecule has 0 radical (unpaired) electrons. The Morgan fingerprint density at radius 3 is 2.15 bits per heavy atom. The number of hydrogen-bond donors (Lipinski definition) is 1. The van der Waals surface area contributed by atoms with Gasteiger partial charge in [-0.05, 0) is 39.5 Å². The summed E-state index contributed by atoms with van der Waals surface area (Å²) in [4.78, 5) is 28.3. The molecule has 150 valence electrons. The first kappa shape index (κ1) is 20.8. The van der Waals surface area contributed by atoms with Gasteiger partial charge >= 0.3 is 12.2 Å². The van der Waals surface area contributed by atoms with E-state index in [-0.39, 0.29) is 24.3 Å². The molecule has 2 atom stereocenters. The summed E-state index contributed by atoms with van der Waals surface area (Å²) in [5, 5.41) is 2.66. The van der Waals surface area contributed by atoms with Crippen molar-refractivity contribution in [2.75, 3.05) is 26.2 Å². The highest BCUT2D eigenvalue weighted by Gasteiger charge is 2.46. The fourth-order valence-electron chi connectivity index (χ4n) is 4.02. The van der Waals surface area contributed by atoms with E-state index < -0.39 is 18.1 Å². The number of nitrogens with one attached hydrogen (secondary N) is 1. The lowest BCUT2D eigenvalue weighted by atomic mass is 9.83. The van der Waals surface area contributed by atoms with Crippen molar-refractivity contribution >= 4 is 11.9 Å². The van der Waals surface area contributed by atoms with Crippen molar-refractivity contribution in [3.05, 3.63) is 0 Å². The third kappa shape index (κ3) is 5.04. The summed E-state index contributed by atoms with van der Waals surface area (Å²) in [5.41, 5.74) is 0. The number of urea groups is 1. The number of likely N-dealkylation sites (tertiary alicyclic amines) is 1. The molecule has 0 aromatic rings. The van der Waals surface area contributed by atoms with Crippen LogP contribution in [0.25, 0.3) is 0 Å². The minimum absolute atomic E-state index is 0.0294. The molecule has 26 heavy (non-hydrogen) atoms. The molecule has 1 saturated carbocycles. The number of rotatable bonds is 4. The van der Waals surface area contributed by atoms with Gasteiger partial charge in [0.1, 0.15) is 0 Å². The van der Waals surface area contributed by atoms with Crippen LogP contribution < -0.4 is 5.32 Å². The molecule has 0 spiro atoms. The number of amides is 3. The number of hydrogen-bond acceptors (Lipinski definition) is 2. The molecule has 1 heterocycles. The highest BCUT2D eigenvalue weighted by Crippen LogP contribution is 2.38. The van der Waals surface area contributed by atoms with Gasteiger partial charge in [-0.1, -0.05) is 12.8 Å². The van der Waals surface area contributed by atoms with E-state index in [9.17, 15) is 22.8 Å². The number of nitrogens with zero attached hydrogens (tertiary/aromatic N) is 2. The van der Waals surface area contributed by atoms with Crippen molar-refractivity contribution in [1.29, 1.82) is 0 Å². The van der Waals surface area contributed by atoms with E-state index in [0.29, 0.717) is 58.3 Å². The van der Waals surface area contributed by atoms with Gasteiger partial charge in [0.15, 0.2) is 0 Å². The molecule has 2 rings (SSSR count). The maximum absolute atomic E-state index is 13.2. The summed E-state index contributed by atoms with van der Waals surface area (Å²) < 4.78 is 39.5. The Kier molecular flexibility index (Phi) is 7.17. The van der Waals surface area contributed by atoms with Gasteiger partial charge in [0.05, 0.1) is 5.92 Å². The molecule has 0 aromatic heterocycles.